The molecular formula is C28H19Cl2NO3S. The van der Waals surface area contributed by atoms with Gasteiger partial charge in [0.15, 0.2) is 0 Å². The van der Waals surface area contributed by atoms with Gasteiger partial charge in [-0.15, -0.1) is 0 Å². The van der Waals surface area contributed by atoms with Gasteiger partial charge in [-0.2, -0.15) is 0 Å². The highest BCUT2D eigenvalue weighted by Crippen LogP contribution is 2.49. The van der Waals surface area contributed by atoms with Crippen LogP contribution in [0.1, 0.15) is 16.5 Å². The Morgan fingerprint density at radius 1 is 0.886 bits per heavy atom. The Hall–Kier alpha value is -3.38. The number of rotatable bonds is 5. The Labute approximate surface area is 217 Å². The summed E-state index contributed by atoms with van der Waals surface area (Å²) in [4.78, 5) is 15.9. The maximum atomic E-state index is 13.6. The van der Waals surface area contributed by atoms with Crippen LogP contribution in [-0.2, 0) is 4.79 Å². The summed E-state index contributed by atoms with van der Waals surface area (Å²) in [6.45, 7) is 0. The molecule has 0 radical (unpaired) electrons. The average Bonchev–Trinajstić information content (AvgIpc) is 3.18. The van der Waals surface area contributed by atoms with Crippen molar-refractivity contribution < 1.29 is 14.6 Å². The van der Waals surface area contributed by atoms with E-state index in [1.165, 1.54) is 11.8 Å². The summed E-state index contributed by atoms with van der Waals surface area (Å²) in [7, 11) is 0. The van der Waals surface area contributed by atoms with Crippen molar-refractivity contribution in [1.82, 2.24) is 0 Å². The van der Waals surface area contributed by atoms with E-state index >= 15 is 0 Å². The van der Waals surface area contributed by atoms with Gasteiger partial charge in [-0.25, -0.2) is 0 Å². The summed E-state index contributed by atoms with van der Waals surface area (Å²) in [5, 5.41) is 10.4. The van der Waals surface area contributed by atoms with Crippen molar-refractivity contribution in [3.05, 3.63) is 123 Å². The molecule has 1 saturated heterocycles. The fourth-order valence-electron chi connectivity index (χ4n) is 3.71. The second-order valence-electron chi connectivity index (χ2n) is 7.83. The van der Waals surface area contributed by atoms with Crippen LogP contribution in [0.3, 0.4) is 0 Å². The van der Waals surface area contributed by atoms with Gasteiger partial charge >= 0.3 is 0 Å². The minimum absolute atomic E-state index is 0.126. The Kier molecular flexibility index (Phi) is 6.73. The summed E-state index contributed by atoms with van der Waals surface area (Å²) < 4.78 is 5.89. The van der Waals surface area contributed by atoms with Crippen LogP contribution in [0.25, 0.3) is 6.08 Å². The molecule has 0 saturated carbocycles. The minimum atomic E-state index is -0.322. The first-order valence-corrected chi connectivity index (χ1v) is 12.4. The molecule has 1 N–H and O–H groups in total. The SMILES string of the molecule is O=C1/C(=C/c2ccccc2)SC(c2ccc(O)cc2)N1c1ccc(Oc2ccc(Cl)cc2)c(Cl)c1. The van der Waals surface area contributed by atoms with Crippen LogP contribution in [-0.4, -0.2) is 11.0 Å². The molecule has 0 spiro atoms. The van der Waals surface area contributed by atoms with E-state index in [1.54, 1.807) is 53.4 Å². The molecule has 1 fully saturated rings. The van der Waals surface area contributed by atoms with Gasteiger partial charge < -0.3 is 9.84 Å². The number of phenols is 1. The standard InChI is InChI=1S/C28H19Cl2NO3S/c29-20-8-13-23(14-9-20)34-25-15-10-21(17-24(25)30)31-27(33)26(16-18-4-2-1-3-5-18)35-28(31)19-6-11-22(32)12-7-19/h1-17,28,32H/b26-16-. The zero-order valence-corrected chi connectivity index (χ0v) is 20.6. The molecule has 5 rings (SSSR count). The van der Waals surface area contributed by atoms with Gasteiger partial charge in [-0.3, -0.25) is 9.69 Å². The van der Waals surface area contributed by atoms with Crippen molar-refractivity contribution in [2.75, 3.05) is 4.90 Å². The van der Waals surface area contributed by atoms with E-state index in [4.69, 9.17) is 27.9 Å². The fraction of sp³-hybridized carbons (Fsp3) is 0.0357. The van der Waals surface area contributed by atoms with Crippen LogP contribution < -0.4 is 9.64 Å². The van der Waals surface area contributed by atoms with E-state index in [0.717, 1.165) is 11.1 Å². The van der Waals surface area contributed by atoms with Gasteiger partial charge in [-0.1, -0.05) is 77.4 Å². The van der Waals surface area contributed by atoms with Crippen LogP contribution in [0.2, 0.25) is 10.0 Å². The molecule has 0 aromatic heterocycles. The molecule has 0 aliphatic carbocycles. The van der Waals surface area contributed by atoms with Gasteiger partial charge in [0.25, 0.3) is 5.91 Å². The Bertz CT molecular complexity index is 1390. The second kappa shape index (κ2) is 10.1. The topological polar surface area (TPSA) is 49.8 Å². The molecule has 4 nitrogen and oxygen atoms in total. The van der Waals surface area contributed by atoms with Crippen LogP contribution in [0.15, 0.2) is 102 Å². The third-order valence-corrected chi connectivity index (χ3v) is 7.21. The van der Waals surface area contributed by atoms with Gasteiger partial charge in [0, 0.05) is 10.7 Å². The molecule has 174 valence electrons. The first-order chi connectivity index (χ1) is 17.0. The molecule has 1 unspecified atom stereocenters. The highest BCUT2D eigenvalue weighted by atomic mass is 35.5. The number of hydrogen-bond donors (Lipinski definition) is 1. The van der Waals surface area contributed by atoms with Gasteiger partial charge in [-0.05, 0) is 71.8 Å². The molecule has 1 aliphatic heterocycles. The normalized spacial score (nSPS) is 16.6. The fourth-order valence-corrected chi connectivity index (χ4v) is 5.30. The third kappa shape index (κ3) is 5.17. The molecule has 1 atom stereocenters. The van der Waals surface area contributed by atoms with E-state index in [0.29, 0.717) is 32.1 Å². The maximum absolute atomic E-state index is 13.6. The first-order valence-electron chi connectivity index (χ1n) is 10.8. The number of amides is 1. The predicted molar refractivity (Wildman–Crippen MR) is 143 cm³/mol. The first kappa shape index (κ1) is 23.4. The van der Waals surface area contributed by atoms with Crippen LogP contribution in [0.4, 0.5) is 5.69 Å². The molecular weight excluding hydrogens is 501 g/mol. The van der Waals surface area contributed by atoms with Crippen molar-refractivity contribution in [3.63, 3.8) is 0 Å². The second-order valence-corrected chi connectivity index (χ2v) is 9.79. The summed E-state index contributed by atoms with van der Waals surface area (Å²) in [5.74, 6) is 1.12. The van der Waals surface area contributed by atoms with Gasteiger partial charge in [0.05, 0.1) is 9.93 Å². The van der Waals surface area contributed by atoms with E-state index in [9.17, 15) is 9.90 Å². The molecule has 7 heteroatoms. The van der Waals surface area contributed by atoms with E-state index in [1.807, 2.05) is 54.6 Å². The van der Waals surface area contributed by atoms with Crippen LogP contribution in [0, 0.1) is 0 Å². The third-order valence-electron chi connectivity index (χ3n) is 5.41. The lowest BCUT2D eigenvalue weighted by molar-refractivity contribution is -0.114. The summed E-state index contributed by atoms with van der Waals surface area (Å²) >= 11 is 14.0. The number of thioether (sulfide) groups is 1. The van der Waals surface area contributed by atoms with Crippen LogP contribution in [0.5, 0.6) is 17.2 Å². The smallest absolute Gasteiger partial charge is 0.266 e. The monoisotopic (exact) mass is 519 g/mol. The Morgan fingerprint density at radius 3 is 2.29 bits per heavy atom. The number of hydrogen-bond acceptors (Lipinski definition) is 4. The van der Waals surface area contributed by atoms with Crippen LogP contribution >= 0.6 is 35.0 Å². The summed E-state index contributed by atoms with van der Waals surface area (Å²) in [6.07, 6.45) is 1.89. The van der Waals surface area contributed by atoms with Crippen molar-refractivity contribution in [3.8, 4) is 17.2 Å². The van der Waals surface area contributed by atoms with Crippen molar-refractivity contribution in [1.29, 1.82) is 0 Å². The number of carbonyl (C=O) groups excluding carboxylic acids is 1. The number of aromatic hydroxyl groups is 1. The molecule has 1 amide bonds. The van der Waals surface area contributed by atoms with Gasteiger partial charge in [0.1, 0.15) is 22.6 Å². The highest BCUT2D eigenvalue weighted by Gasteiger charge is 2.38. The van der Waals surface area contributed by atoms with Crippen molar-refractivity contribution in [2.24, 2.45) is 0 Å². The molecule has 1 aliphatic rings. The zero-order chi connectivity index (χ0) is 24.4. The molecule has 35 heavy (non-hydrogen) atoms. The molecule has 4 aromatic rings. The van der Waals surface area contributed by atoms with Crippen molar-refractivity contribution >= 4 is 52.6 Å². The zero-order valence-electron chi connectivity index (χ0n) is 18.3. The number of halogens is 2. The Balaban J connectivity index is 1.50. The molecule has 4 aromatic carbocycles. The quantitative estimate of drug-likeness (QED) is 0.269. The number of benzene rings is 4. The number of ether oxygens (including phenoxy) is 1. The lowest BCUT2D eigenvalue weighted by atomic mass is 10.1. The lowest BCUT2D eigenvalue weighted by Crippen LogP contribution is -2.27. The van der Waals surface area contributed by atoms with Gasteiger partial charge in [0.2, 0.25) is 0 Å². The van der Waals surface area contributed by atoms with Crippen molar-refractivity contribution in [2.45, 2.75) is 5.37 Å². The largest absolute Gasteiger partial charge is 0.508 e. The average molecular weight is 520 g/mol. The molecule has 1 heterocycles. The number of anilines is 1. The minimum Gasteiger partial charge on any atom is -0.508 e. The van der Waals surface area contributed by atoms with E-state index < -0.39 is 0 Å². The highest BCUT2D eigenvalue weighted by molar-refractivity contribution is 8.05. The number of carbonyl (C=O) groups is 1. The lowest BCUT2D eigenvalue weighted by Gasteiger charge is -2.24. The summed E-state index contributed by atoms with van der Waals surface area (Å²) in [5.41, 5.74) is 2.47. The number of phenolic OH excluding ortho intramolecular Hbond substituents is 1. The van der Waals surface area contributed by atoms with E-state index in [-0.39, 0.29) is 17.0 Å². The Morgan fingerprint density at radius 2 is 1.60 bits per heavy atom. The number of nitrogens with zero attached hydrogens (tertiary/aromatic N) is 1. The van der Waals surface area contributed by atoms with E-state index in [2.05, 4.69) is 0 Å². The molecule has 0 bridgehead atoms. The summed E-state index contributed by atoms with van der Waals surface area (Å²) in [6, 6.07) is 28.9. The maximum Gasteiger partial charge on any atom is 0.266 e. The predicted octanol–water partition coefficient (Wildman–Crippen LogP) is 8.31.